The fourth-order valence-corrected chi connectivity index (χ4v) is 1.44. The lowest BCUT2D eigenvalue weighted by Gasteiger charge is -2.03. The number of nitro benzene ring substituents is 1. The zero-order valence-corrected chi connectivity index (χ0v) is 9.96. The van der Waals surface area contributed by atoms with Crippen molar-refractivity contribution in [2.24, 2.45) is 5.73 Å². The van der Waals surface area contributed by atoms with E-state index in [4.69, 9.17) is 10.5 Å². The maximum absolute atomic E-state index is 11.1. The number of nitrogens with two attached hydrogens (primary N) is 1. The summed E-state index contributed by atoms with van der Waals surface area (Å²) in [6.07, 6.45) is 1.27. The van der Waals surface area contributed by atoms with Crippen LogP contribution in [-0.2, 0) is 16.0 Å². The lowest BCUT2D eigenvalue weighted by molar-refractivity contribution is -0.385. The molecule has 1 aromatic carbocycles. The number of rotatable bonds is 5. The Hall–Kier alpha value is -2.37. The summed E-state index contributed by atoms with van der Waals surface area (Å²) in [5.41, 5.74) is 6.31. The van der Waals surface area contributed by atoms with Crippen LogP contribution in [0.2, 0.25) is 0 Å². The highest BCUT2D eigenvalue weighted by molar-refractivity contribution is 5.82. The van der Waals surface area contributed by atoms with E-state index in [2.05, 4.69) is 0 Å². The molecular formula is C12H14N2O4. The maximum atomic E-state index is 11.1. The van der Waals surface area contributed by atoms with Gasteiger partial charge < -0.3 is 10.5 Å². The SMILES string of the molecule is CCOC(=O)C=C(N)Cc1ccccc1[N+](=O)[O-]. The highest BCUT2D eigenvalue weighted by Crippen LogP contribution is 2.19. The molecule has 0 spiro atoms. The quantitative estimate of drug-likeness (QED) is 0.370. The second-order valence-electron chi connectivity index (χ2n) is 3.53. The van der Waals surface area contributed by atoms with E-state index in [-0.39, 0.29) is 24.4 Å². The van der Waals surface area contributed by atoms with Crippen LogP contribution in [-0.4, -0.2) is 17.5 Å². The number of carbonyl (C=O) groups excluding carboxylic acids is 1. The first kappa shape index (κ1) is 13.7. The molecule has 0 aliphatic heterocycles. The largest absolute Gasteiger partial charge is 0.463 e. The Morgan fingerprint density at radius 1 is 1.50 bits per heavy atom. The first-order chi connectivity index (χ1) is 8.54. The number of allylic oxidation sites excluding steroid dienone is 1. The fraction of sp³-hybridized carbons (Fsp3) is 0.250. The number of hydrogen-bond donors (Lipinski definition) is 1. The number of nitro groups is 1. The molecule has 0 aliphatic carbocycles. The average Bonchev–Trinajstić information content (AvgIpc) is 2.29. The second kappa shape index (κ2) is 6.39. The molecule has 6 heteroatoms. The van der Waals surface area contributed by atoms with Gasteiger partial charge in [0.15, 0.2) is 0 Å². The van der Waals surface area contributed by atoms with Gasteiger partial charge in [0.25, 0.3) is 5.69 Å². The van der Waals surface area contributed by atoms with Gasteiger partial charge in [0.2, 0.25) is 0 Å². The van der Waals surface area contributed by atoms with Crippen LogP contribution in [0.15, 0.2) is 36.0 Å². The third kappa shape index (κ3) is 3.89. The van der Waals surface area contributed by atoms with Crippen molar-refractivity contribution in [1.82, 2.24) is 0 Å². The molecule has 18 heavy (non-hydrogen) atoms. The molecule has 6 nitrogen and oxygen atoms in total. The summed E-state index contributed by atoms with van der Waals surface area (Å²) in [6.45, 7) is 1.94. The van der Waals surface area contributed by atoms with Crippen LogP contribution in [0, 0.1) is 10.1 Å². The van der Waals surface area contributed by atoms with Crippen LogP contribution in [0.25, 0.3) is 0 Å². The maximum Gasteiger partial charge on any atom is 0.332 e. The van der Waals surface area contributed by atoms with Crippen LogP contribution < -0.4 is 5.73 Å². The van der Waals surface area contributed by atoms with Crippen molar-refractivity contribution in [3.63, 3.8) is 0 Å². The third-order valence-corrected chi connectivity index (χ3v) is 2.17. The minimum Gasteiger partial charge on any atom is -0.463 e. The highest BCUT2D eigenvalue weighted by atomic mass is 16.6. The van der Waals surface area contributed by atoms with E-state index in [0.717, 1.165) is 6.08 Å². The lowest BCUT2D eigenvalue weighted by Crippen LogP contribution is -2.08. The molecule has 1 aromatic rings. The predicted molar refractivity (Wildman–Crippen MR) is 65.7 cm³/mol. The monoisotopic (exact) mass is 250 g/mol. The Morgan fingerprint density at radius 3 is 2.78 bits per heavy atom. The Labute approximate surface area is 104 Å². The van der Waals surface area contributed by atoms with E-state index in [1.54, 1.807) is 25.1 Å². The van der Waals surface area contributed by atoms with Gasteiger partial charge in [-0.2, -0.15) is 0 Å². The minimum atomic E-state index is -0.548. The van der Waals surface area contributed by atoms with E-state index >= 15 is 0 Å². The van der Waals surface area contributed by atoms with Crippen molar-refractivity contribution < 1.29 is 14.5 Å². The van der Waals surface area contributed by atoms with Crippen LogP contribution in [0.4, 0.5) is 5.69 Å². The molecule has 2 N–H and O–H groups in total. The summed E-state index contributed by atoms with van der Waals surface area (Å²) in [5.74, 6) is -0.548. The summed E-state index contributed by atoms with van der Waals surface area (Å²) in [4.78, 5) is 21.5. The van der Waals surface area contributed by atoms with Crippen molar-refractivity contribution in [3.8, 4) is 0 Å². The van der Waals surface area contributed by atoms with E-state index in [0.29, 0.717) is 5.56 Å². The number of benzene rings is 1. The Bertz CT molecular complexity index is 483. The second-order valence-corrected chi connectivity index (χ2v) is 3.53. The van der Waals surface area contributed by atoms with Crippen molar-refractivity contribution in [2.75, 3.05) is 6.61 Å². The number of hydrogen-bond acceptors (Lipinski definition) is 5. The normalized spacial score (nSPS) is 11.1. The Balaban J connectivity index is 2.85. The van der Waals surface area contributed by atoms with E-state index < -0.39 is 10.9 Å². The molecule has 0 aliphatic rings. The first-order valence-electron chi connectivity index (χ1n) is 5.39. The number of para-hydroxylation sites is 1. The Morgan fingerprint density at radius 2 is 2.17 bits per heavy atom. The molecule has 0 saturated carbocycles. The van der Waals surface area contributed by atoms with Gasteiger partial charge in [0.05, 0.1) is 11.5 Å². The molecule has 0 fully saturated rings. The number of carbonyl (C=O) groups is 1. The molecule has 0 saturated heterocycles. The first-order valence-corrected chi connectivity index (χ1v) is 5.39. The summed E-state index contributed by atoms with van der Waals surface area (Å²) in [5, 5.41) is 10.8. The summed E-state index contributed by atoms with van der Waals surface area (Å²) < 4.78 is 4.70. The number of esters is 1. The van der Waals surface area contributed by atoms with Crippen molar-refractivity contribution >= 4 is 11.7 Å². The summed E-state index contributed by atoms with van der Waals surface area (Å²) in [6, 6.07) is 6.25. The number of ether oxygens (including phenoxy) is 1. The van der Waals surface area contributed by atoms with Crippen LogP contribution in [0.3, 0.4) is 0 Å². The molecule has 0 aromatic heterocycles. The van der Waals surface area contributed by atoms with Crippen molar-refractivity contribution in [3.05, 3.63) is 51.7 Å². The van der Waals surface area contributed by atoms with Gasteiger partial charge in [-0.15, -0.1) is 0 Å². The van der Waals surface area contributed by atoms with Crippen molar-refractivity contribution in [1.29, 1.82) is 0 Å². The van der Waals surface area contributed by atoms with Crippen LogP contribution >= 0.6 is 0 Å². The topological polar surface area (TPSA) is 95.5 Å². The van der Waals surface area contributed by atoms with Crippen molar-refractivity contribution in [2.45, 2.75) is 13.3 Å². The molecule has 0 radical (unpaired) electrons. The van der Waals surface area contributed by atoms with E-state index in [1.165, 1.54) is 6.07 Å². The van der Waals surface area contributed by atoms with Crippen LogP contribution in [0.1, 0.15) is 12.5 Å². The Kier molecular flexibility index (Phi) is 4.86. The van der Waals surface area contributed by atoms with E-state index in [9.17, 15) is 14.9 Å². The fourth-order valence-electron chi connectivity index (χ4n) is 1.44. The molecule has 0 bridgehead atoms. The molecular weight excluding hydrogens is 236 g/mol. The third-order valence-electron chi connectivity index (χ3n) is 2.17. The van der Waals surface area contributed by atoms with Gasteiger partial charge in [0, 0.05) is 29.8 Å². The van der Waals surface area contributed by atoms with Gasteiger partial charge in [-0.1, -0.05) is 18.2 Å². The zero-order chi connectivity index (χ0) is 13.5. The van der Waals surface area contributed by atoms with Gasteiger partial charge >= 0.3 is 5.97 Å². The average molecular weight is 250 g/mol. The minimum absolute atomic E-state index is 0.0160. The van der Waals surface area contributed by atoms with Gasteiger partial charge in [-0.05, 0) is 6.92 Å². The summed E-state index contributed by atoms with van der Waals surface area (Å²) in [7, 11) is 0. The standard InChI is InChI=1S/C12H14N2O4/c1-2-18-12(15)8-10(13)7-9-5-3-4-6-11(9)14(16)17/h3-6,8H,2,7,13H2,1H3. The zero-order valence-electron chi connectivity index (χ0n) is 9.96. The van der Waals surface area contributed by atoms with Gasteiger partial charge in [-0.3, -0.25) is 10.1 Å². The lowest BCUT2D eigenvalue weighted by atomic mass is 10.1. The predicted octanol–water partition coefficient (Wildman–Crippen LogP) is 1.54. The van der Waals surface area contributed by atoms with E-state index in [1.807, 2.05) is 0 Å². The molecule has 0 atom stereocenters. The molecule has 0 heterocycles. The molecule has 0 unspecified atom stereocenters. The molecule has 1 rings (SSSR count). The smallest absolute Gasteiger partial charge is 0.332 e. The molecule has 0 amide bonds. The van der Waals surface area contributed by atoms with Gasteiger partial charge in [0.1, 0.15) is 0 Å². The molecule has 96 valence electrons. The highest BCUT2D eigenvalue weighted by Gasteiger charge is 2.13. The van der Waals surface area contributed by atoms with Gasteiger partial charge in [-0.25, -0.2) is 4.79 Å². The van der Waals surface area contributed by atoms with Crippen LogP contribution in [0.5, 0.6) is 0 Å². The number of nitrogens with zero attached hydrogens (tertiary/aromatic N) is 1. The summed E-state index contributed by atoms with van der Waals surface area (Å²) >= 11 is 0.